The summed E-state index contributed by atoms with van der Waals surface area (Å²) in [5, 5.41) is 10.8. The predicted octanol–water partition coefficient (Wildman–Crippen LogP) is 2.39. The zero-order valence-corrected chi connectivity index (χ0v) is 11.6. The summed E-state index contributed by atoms with van der Waals surface area (Å²) in [5.74, 6) is -3.74. The summed E-state index contributed by atoms with van der Waals surface area (Å²) in [5.41, 5.74) is 0.452. The summed E-state index contributed by atoms with van der Waals surface area (Å²) in [6, 6.07) is 6.02. The first-order valence-electron chi connectivity index (χ1n) is 6.93. The van der Waals surface area contributed by atoms with Crippen molar-refractivity contribution in [1.82, 2.24) is 5.32 Å². The average Bonchev–Trinajstić information content (AvgIpc) is 2.36. The summed E-state index contributed by atoms with van der Waals surface area (Å²) < 4.78 is 39.2. The van der Waals surface area contributed by atoms with Crippen molar-refractivity contribution in [3.8, 4) is 0 Å². The molecule has 1 aromatic carbocycles. The van der Waals surface area contributed by atoms with Crippen molar-refractivity contribution in [2.45, 2.75) is 31.5 Å². The standard InChI is InChI=1S/C15H16F3NO3/c16-15(17,18)12(8-9-4-2-1-3-5-9)19-13(20)10-6-7-11(10)14(21)22/h1-5,10-12H,6-8H2,(H,19,20)(H,21,22). The fourth-order valence-corrected chi connectivity index (χ4v) is 2.49. The third kappa shape index (κ3) is 3.78. The first kappa shape index (κ1) is 16.3. The minimum atomic E-state index is -4.59. The molecule has 0 aliphatic heterocycles. The van der Waals surface area contributed by atoms with Gasteiger partial charge in [0.25, 0.3) is 0 Å². The number of benzene rings is 1. The summed E-state index contributed by atoms with van der Waals surface area (Å²) in [6.07, 6.45) is -4.34. The largest absolute Gasteiger partial charge is 0.481 e. The number of halogens is 3. The van der Waals surface area contributed by atoms with Crippen molar-refractivity contribution in [1.29, 1.82) is 0 Å². The Morgan fingerprint density at radius 1 is 1.18 bits per heavy atom. The lowest BCUT2D eigenvalue weighted by Crippen LogP contribution is -2.52. The van der Waals surface area contributed by atoms with Gasteiger partial charge in [0.2, 0.25) is 5.91 Å². The number of carboxylic acid groups (broad SMARTS) is 1. The van der Waals surface area contributed by atoms with Gasteiger partial charge in [-0.2, -0.15) is 13.2 Å². The van der Waals surface area contributed by atoms with Crippen LogP contribution in [0.1, 0.15) is 18.4 Å². The molecule has 22 heavy (non-hydrogen) atoms. The fraction of sp³-hybridized carbons (Fsp3) is 0.467. The van der Waals surface area contributed by atoms with Crippen molar-refractivity contribution >= 4 is 11.9 Å². The number of amides is 1. The van der Waals surface area contributed by atoms with Crippen LogP contribution in [0.25, 0.3) is 0 Å². The zero-order chi connectivity index (χ0) is 16.3. The first-order valence-corrected chi connectivity index (χ1v) is 6.93. The van der Waals surface area contributed by atoms with E-state index >= 15 is 0 Å². The van der Waals surface area contributed by atoms with Crippen molar-refractivity contribution in [2.75, 3.05) is 0 Å². The Hall–Kier alpha value is -2.05. The molecule has 0 aromatic heterocycles. The van der Waals surface area contributed by atoms with Gasteiger partial charge in [-0.05, 0) is 18.4 Å². The highest BCUT2D eigenvalue weighted by Gasteiger charge is 2.46. The van der Waals surface area contributed by atoms with Gasteiger partial charge < -0.3 is 10.4 Å². The van der Waals surface area contributed by atoms with Gasteiger partial charge in [0.05, 0.1) is 11.8 Å². The van der Waals surface area contributed by atoms with E-state index in [2.05, 4.69) is 0 Å². The Bertz CT molecular complexity index is 545. The van der Waals surface area contributed by atoms with Gasteiger partial charge in [-0.3, -0.25) is 9.59 Å². The lowest BCUT2D eigenvalue weighted by molar-refractivity contribution is -0.166. The number of carbonyl (C=O) groups is 2. The average molecular weight is 315 g/mol. The number of alkyl halides is 3. The summed E-state index contributed by atoms with van der Waals surface area (Å²) in [6.45, 7) is 0. The van der Waals surface area contributed by atoms with E-state index in [0.29, 0.717) is 18.4 Å². The van der Waals surface area contributed by atoms with Crippen LogP contribution in [0.5, 0.6) is 0 Å². The number of carboxylic acids is 1. The molecule has 4 nitrogen and oxygen atoms in total. The SMILES string of the molecule is O=C(O)C1CCC1C(=O)NC(Cc1ccccc1)C(F)(F)F. The van der Waals surface area contributed by atoms with E-state index in [1.807, 2.05) is 5.32 Å². The van der Waals surface area contributed by atoms with Gasteiger partial charge in [0.15, 0.2) is 0 Å². The molecule has 7 heteroatoms. The van der Waals surface area contributed by atoms with Crippen LogP contribution < -0.4 is 5.32 Å². The Labute approximate surface area is 125 Å². The van der Waals surface area contributed by atoms with E-state index in [1.165, 1.54) is 0 Å². The zero-order valence-electron chi connectivity index (χ0n) is 11.6. The topological polar surface area (TPSA) is 66.4 Å². The molecule has 1 fully saturated rings. The Balaban J connectivity index is 2.04. The van der Waals surface area contributed by atoms with Crippen molar-refractivity contribution in [2.24, 2.45) is 11.8 Å². The van der Waals surface area contributed by atoms with Gasteiger partial charge in [0, 0.05) is 6.42 Å². The minimum Gasteiger partial charge on any atom is -0.481 e. The molecular formula is C15H16F3NO3. The molecule has 3 atom stereocenters. The lowest BCUT2D eigenvalue weighted by atomic mass is 9.73. The lowest BCUT2D eigenvalue weighted by Gasteiger charge is -2.33. The molecule has 2 rings (SSSR count). The summed E-state index contributed by atoms with van der Waals surface area (Å²) >= 11 is 0. The molecule has 2 N–H and O–H groups in total. The van der Waals surface area contributed by atoms with Crippen molar-refractivity contribution in [3.05, 3.63) is 35.9 Å². The first-order chi connectivity index (χ1) is 10.3. The highest BCUT2D eigenvalue weighted by Crippen LogP contribution is 2.35. The molecule has 0 heterocycles. The molecular weight excluding hydrogens is 299 g/mol. The summed E-state index contributed by atoms with van der Waals surface area (Å²) in [4.78, 5) is 22.8. The van der Waals surface area contributed by atoms with Gasteiger partial charge in [-0.1, -0.05) is 30.3 Å². The number of hydrogen-bond donors (Lipinski definition) is 2. The van der Waals surface area contributed by atoms with E-state index in [9.17, 15) is 22.8 Å². The summed E-state index contributed by atoms with van der Waals surface area (Å²) in [7, 11) is 0. The van der Waals surface area contributed by atoms with Crippen LogP contribution in [0.4, 0.5) is 13.2 Å². The maximum atomic E-state index is 13.1. The van der Waals surface area contributed by atoms with Crippen LogP contribution in [0.3, 0.4) is 0 Å². The predicted molar refractivity (Wildman–Crippen MR) is 72.0 cm³/mol. The molecule has 0 spiro atoms. The normalized spacial score (nSPS) is 22.5. The monoisotopic (exact) mass is 315 g/mol. The van der Waals surface area contributed by atoms with E-state index < -0.39 is 35.9 Å². The third-order valence-electron chi connectivity index (χ3n) is 3.92. The smallest absolute Gasteiger partial charge is 0.408 e. The van der Waals surface area contributed by atoms with Gasteiger partial charge in [-0.15, -0.1) is 0 Å². The quantitative estimate of drug-likeness (QED) is 0.877. The Morgan fingerprint density at radius 2 is 1.77 bits per heavy atom. The van der Waals surface area contributed by atoms with E-state index in [1.54, 1.807) is 30.3 Å². The van der Waals surface area contributed by atoms with Crippen LogP contribution in [0.15, 0.2) is 30.3 Å². The maximum absolute atomic E-state index is 13.1. The molecule has 3 unspecified atom stereocenters. The number of nitrogens with one attached hydrogen (secondary N) is 1. The second-order valence-corrected chi connectivity index (χ2v) is 5.42. The van der Waals surface area contributed by atoms with Crippen LogP contribution in [-0.4, -0.2) is 29.2 Å². The highest BCUT2D eigenvalue weighted by atomic mass is 19.4. The second-order valence-electron chi connectivity index (χ2n) is 5.42. The number of aliphatic carboxylic acids is 1. The molecule has 0 radical (unpaired) electrons. The van der Waals surface area contributed by atoms with Crippen molar-refractivity contribution in [3.63, 3.8) is 0 Å². The Morgan fingerprint density at radius 3 is 2.23 bits per heavy atom. The molecule has 1 amide bonds. The number of hydrogen-bond acceptors (Lipinski definition) is 2. The van der Waals surface area contributed by atoms with Crippen LogP contribution in [0, 0.1) is 11.8 Å². The van der Waals surface area contributed by atoms with Crippen LogP contribution >= 0.6 is 0 Å². The number of carbonyl (C=O) groups excluding carboxylic acids is 1. The van der Waals surface area contributed by atoms with Crippen LogP contribution in [0.2, 0.25) is 0 Å². The molecule has 0 bridgehead atoms. The second kappa shape index (κ2) is 6.37. The molecule has 1 aliphatic carbocycles. The molecule has 120 valence electrons. The van der Waals surface area contributed by atoms with Crippen LogP contribution in [-0.2, 0) is 16.0 Å². The fourth-order valence-electron chi connectivity index (χ4n) is 2.49. The highest BCUT2D eigenvalue weighted by molar-refractivity contribution is 5.86. The van der Waals surface area contributed by atoms with Gasteiger partial charge in [-0.25, -0.2) is 0 Å². The van der Waals surface area contributed by atoms with E-state index in [0.717, 1.165) is 0 Å². The van der Waals surface area contributed by atoms with Crippen molar-refractivity contribution < 1.29 is 27.9 Å². The third-order valence-corrected chi connectivity index (χ3v) is 3.92. The van der Waals surface area contributed by atoms with Gasteiger partial charge >= 0.3 is 12.1 Å². The Kier molecular flexibility index (Phi) is 4.73. The van der Waals surface area contributed by atoms with Gasteiger partial charge in [0.1, 0.15) is 6.04 Å². The number of rotatable bonds is 5. The molecule has 1 saturated carbocycles. The maximum Gasteiger partial charge on any atom is 0.408 e. The van der Waals surface area contributed by atoms with E-state index in [4.69, 9.17) is 5.11 Å². The molecule has 1 aliphatic rings. The van der Waals surface area contributed by atoms with E-state index in [-0.39, 0.29) is 6.42 Å². The minimum absolute atomic E-state index is 0.304. The molecule has 0 saturated heterocycles. The molecule has 1 aromatic rings.